The molecular weight excluding hydrogens is 222 g/mol. The Morgan fingerprint density at radius 3 is 3.00 bits per heavy atom. The van der Waals surface area contributed by atoms with Crippen LogP contribution in [0.2, 0.25) is 0 Å². The van der Waals surface area contributed by atoms with Gasteiger partial charge in [0.25, 0.3) is 0 Å². The average molecular weight is 239 g/mol. The molecule has 2 rings (SSSR count). The van der Waals surface area contributed by atoms with Crippen LogP contribution in [-0.4, -0.2) is 27.4 Å². The highest BCUT2D eigenvalue weighted by Crippen LogP contribution is 2.27. The summed E-state index contributed by atoms with van der Waals surface area (Å²) in [6, 6.07) is 0. The molecule has 1 aliphatic rings. The van der Waals surface area contributed by atoms with E-state index >= 15 is 0 Å². The predicted octanol–water partition coefficient (Wildman–Crippen LogP) is 0.0578. The van der Waals surface area contributed by atoms with E-state index in [1.165, 1.54) is 4.57 Å². The lowest BCUT2D eigenvalue weighted by molar-refractivity contribution is -0.0246. The molecule has 6 heteroatoms. The molecule has 2 atom stereocenters. The van der Waals surface area contributed by atoms with Gasteiger partial charge in [-0.15, -0.1) is 0 Å². The number of aryl methyl sites for hydroxylation is 1. The fourth-order valence-corrected chi connectivity index (χ4v) is 2.03. The van der Waals surface area contributed by atoms with Crippen molar-refractivity contribution in [3.05, 3.63) is 22.2 Å². The Labute approximate surface area is 99.0 Å². The van der Waals surface area contributed by atoms with E-state index in [0.717, 1.165) is 18.4 Å². The first-order valence-corrected chi connectivity index (χ1v) is 5.79. The Morgan fingerprint density at radius 1 is 1.65 bits per heavy atom. The number of aliphatic hydroxyl groups excluding tert-OH is 1. The molecule has 0 aliphatic carbocycles. The van der Waals surface area contributed by atoms with Gasteiger partial charge in [-0.05, 0) is 19.3 Å². The smallest absolute Gasteiger partial charge is 0.351 e. The van der Waals surface area contributed by atoms with E-state index in [1.54, 1.807) is 6.20 Å². The molecule has 1 aliphatic heterocycles. The van der Waals surface area contributed by atoms with E-state index in [0.29, 0.717) is 6.42 Å². The number of nitrogens with two attached hydrogens (primary N) is 1. The van der Waals surface area contributed by atoms with Crippen LogP contribution >= 0.6 is 0 Å². The molecule has 0 amide bonds. The summed E-state index contributed by atoms with van der Waals surface area (Å²) < 4.78 is 7.01. The van der Waals surface area contributed by atoms with Crippen molar-refractivity contribution in [1.29, 1.82) is 0 Å². The molecule has 1 saturated heterocycles. The maximum absolute atomic E-state index is 11.7. The topological polar surface area (TPSA) is 90.4 Å². The molecule has 1 aromatic heterocycles. The van der Waals surface area contributed by atoms with E-state index in [2.05, 4.69) is 4.98 Å². The van der Waals surface area contributed by atoms with E-state index in [4.69, 9.17) is 15.6 Å². The summed E-state index contributed by atoms with van der Waals surface area (Å²) in [6.45, 7) is 1.93. The second-order valence-corrected chi connectivity index (χ2v) is 4.17. The molecule has 6 nitrogen and oxygen atoms in total. The monoisotopic (exact) mass is 239 g/mol. The number of nitrogens with zero attached hydrogens (tertiary/aromatic N) is 2. The van der Waals surface area contributed by atoms with Crippen molar-refractivity contribution < 1.29 is 9.84 Å². The minimum atomic E-state index is -0.400. The number of rotatable bonds is 3. The van der Waals surface area contributed by atoms with Gasteiger partial charge in [0.15, 0.2) is 0 Å². The lowest BCUT2D eigenvalue weighted by Gasteiger charge is -2.16. The Bertz CT molecular complexity index is 458. The maximum atomic E-state index is 11.7. The number of anilines is 1. The zero-order chi connectivity index (χ0) is 12.4. The van der Waals surface area contributed by atoms with E-state index < -0.39 is 5.69 Å². The van der Waals surface area contributed by atoms with Crippen LogP contribution in [0.4, 0.5) is 5.82 Å². The molecule has 0 aromatic carbocycles. The molecule has 94 valence electrons. The third kappa shape index (κ3) is 2.32. The van der Waals surface area contributed by atoms with Crippen molar-refractivity contribution in [2.45, 2.75) is 38.5 Å². The first kappa shape index (κ1) is 12.1. The normalized spacial score (nSPS) is 24.1. The second kappa shape index (κ2) is 4.85. The molecule has 0 bridgehead atoms. The van der Waals surface area contributed by atoms with Crippen LogP contribution in [0.5, 0.6) is 0 Å². The molecule has 1 aromatic rings. The van der Waals surface area contributed by atoms with Crippen molar-refractivity contribution in [2.24, 2.45) is 0 Å². The van der Waals surface area contributed by atoms with Gasteiger partial charge in [0, 0.05) is 11.8 Å². The fourth-order valence-electron chi connectivity index (χ4n) is 2.03. The van der Waals surface area contributed by atoms with Crippen LogP contribution in [0.25, 0.3) is 0 Å². The molecule has 0 radical (unpaired) electrons. The first-order chi connectivity index (χ1) is 8.15. The summed E-state index contributed by atoms with van der Waals surface area (Å²) in [5.41, 5.74) is 6.08. The lowest BCUT2D eigenvalue weighted by Crippen LogP contribution is -2.29. The van der Waals surface area contributed by atoms with Crippen molar-refractivity contribution in [3.63, 3.8) is 0 Å². The molecule has 2 unspecified atom stereocenters. The first-order valence-electron chi connectivity index (χ1n) is 5.79. The number of aromatic nitrogens is 2. The highest BCUT2D eigenvalue weighted by molar-refractivity contribution is 5.36. The van der Waals surface area contributed by atoms with Gasteiger partial charge in [0.2, 0.25) is 0 Å². The minimum absolute atomic E-state index is 0.0196. The van der Waals surface area contributed by atoms with Crippen molar-refractivity contribution in [2.75, 3.05) is 12.3 Å². The van der Waals surface area contributed by atoms with Crippen molar-refractivity contribution in [1.82, 2.24) is 9.55 Å². The highest BCUT2D eigenvalue weighted by Gasteiger charge is 2.27. The van der Waals surface area contributed by atoms with Gasteiger partial charge in [0.1, 0.15) is 12.0 Å². The van der Waals surface area contributed by atoms with Crippen LogP contribution in [0.3, 0.4) is 0 Å². The molecule has 17 heavy (non-hydrogen) atoms. The Morgan fingerprint density at radius 2 is 2.41 bits per heavy atom. The summed E-state index contributed by atoms with van der Waals surface area (Å²) in [6.07, 6.45) is 3.36. The summed E-state index contributed by atoms with van der Waals surface area (Å²) in [5, 5.41) is 9.00. The quantitative estimate of drug-likeness (QED) is 0.778. The molecule has 0 saturated carbocycles. The van der Waals surface area contributed by atoms with Gasteiger partial charge in [0.05, 0.1) is 12.7 Å². The Kier molecular flexibility index (Phi) is 3.44. The van der Waals surface area contributed by atoms with Crippen LogP contribution in [0, 0.1) is 0 Å². The third-order valence-electron chi connectivity index (χ3n) is 3.04. The number of ether oxygens (including phenoxy) is 1. The summed E-state index contributed by atoms with van der Waals surface area (Å²) in [7, 11) is 0. The maximum Gasteiger partial charge on any atom is 0.351 e. The molecule has 2 heterocycles. The van der Waals surface area contributed by atoms with Crippen molar-refractivity contribution >= 4 is 5.82 Å². The van der Waals surface area contributed by atoms with E-state index in [1.807, 2.05) is 6.92 Å². The SMILES string of the molecule is CCc1cn(C2CCC(CO)O2)c(=O)nc1N. The summed E-state index contributed by atoms with van der Waals surface area (Å²) in [5.74, 6) is 0.283. The van der Waals surface area contributed by atoms with E-state index in [-0.39, 0.29) is 24.8 Å². The van der Waals surface area contributed by atoms with Crippen LogP contribution in [0.1, 0.15) is 31.6 Å². The van der Waals surface area contributed by atoms with Crippen LogP contribution < -0.4 is 11.4 Å². The average Bonchev–Trinajstić information content (AvgIpc) is 2.78. The zero-order valence-electron chi connectivity index (χ0n) is 9.80. The third-order valence-corrected chi connectivity index (χ3v) is 3.04. The van der Waals surface area contributed by atoms with Gasteiger partial charge < -0.3 is 15.6 Å². The van der Waals surface area contributed by atoms with Gasteiger partial charge >= 0.3 is 5.69 Å². The van der Waals surface area contributed by atoms with Gasteiger partial charge in [-0.3, -0.25) is 4.57 Å². The highest BCUT2D eigenvalue weighted by atomic mass is 16.5. The molecular formula is C11H17N3O3. The zero-order valence-corrected chi connectivity index (χ0v) is 9.80. The number of hydrogen-bond acceptors (Lipinski definition) is 5. The van der Waals surface area contributed by atoms with Gasteiger partial charge in [-0.25, -0.2) is 4.79 Å². The molecule has 0 spiro atoms. The summed E-state index contributed by atoms with van der Waals surface area (Å²) >= 11 is 0. The minimum Gasteiger partial charge on any atom is -0.394 e. The number of hydrogen-bond donors (Lipinski definition) is 2. The Hall–Kier alpha value is -1.40. The lowest BCUT2D eigenvalue weighted by atomic mass is 10.2. The second-order valence-electron chi connectivity index (χ2n) is 4.17. The standard InChI is InChI=1S/C11H17N3O3/c1-2-7-5-14(11(16)13-10(7)12)9-4-3-8(6-15)17-9/h5,8-9,15H,2-4,6H2,1H3,(H2,12,13,16). The van der Waals surface area contributed by atoms with E-state index in [9.17, 15) is 4.79 Å². The Balaban J connectivity index is 2.30. The fraction of sp³-hybridized carbons (Fsp3) is 0.636. The molecule has 3 N–H and O–H groups in total. The number of aliphatic hydroxyl groups is 1. The van der Waals surface area contributed by atoms with Gasteiger partial charge in [-0.2, -0.15) is 4.98 Å². The van der Waals surface area contributed by atoms with Crippen molar-refractivity contribution in [3.8, 4) is 0 Å². The van der Waals surface area contributed by atoms with Gasteiger partial charge in [-0.1, -0.05) is 6.92 Å². The molecule has 1 fully saturated rings. The summed E-state index contributed by atoms with van der Waals surface area (Å²) in [4.78, 5) is 15.5. The largest absolute Gasteiger partial charge is 0.394 e. The number of nitrogen functional groups attached to an aromatic ring is 1. The van der Waals surface area contributed by atoms with Crippen LogP contribution in [-0.2, 0) is 11.2 Å². The van der Waals surface area contributed by atoms with Crippen LogP contribution in [0.15, 0.2) is 11.0 Å². The predicted molar refractivity (Wildman–Crippen MR) is 62.5 cm³/mol.